The summed E-state index contributed by atoms with van der Waals surface area (Å²) in [5, 5.41) is 3.49. The van der Waals surface area contributed by atoms with Gasteiger partial charge in [-0.05, 0) is 29.8 Å². The molecule has 2 rings (SSSR count). The molecule has 0 saturated heterocycles. The van der Waals surface area contributed by atoms with Gasteiger partial charge >= 0.3 is 0 Å². The lowest BCUT2D eigenvalue weighted by molar-refractivity contribution is -0.115. The summed E-state index contributed by atoms with van der Waals surface area (Å²) in [5.74, 6) is 0.554. The number of methoxy groups -OCH3 is 1. The minimum atomic E-state index is -0.164. The first-order chi connectivity index (χ1) is 9.60. The SMILES string of the molecule is COc1cccc(CC(=O)Nc2cccc(Cl)c2Cl)c1. The number of hydrogen-bond acceptors (Lipinski definition) is 2. The molecule has 0 saturated carbocycles. The molecule has 0 spiro atoms. The molecule has 3 nitrogen and oxygen atoms in total. The Morgan fingerprint density at radius 2 is 1.95 bits per heavy atom. The summed E-state index contributed by atoms with van der Waals surface area (Å²) in [6.07, 6.45) is 0.236. The van der Waals surface area contributed by atoms with Gasteiger partial charge in [0.05, 0.1) is 29.3 Å². The highest BCUT2D eigenvalue weighted by Crippen LogP contribution is 2.29. The predicted octanol–water partition coefficient (Wildman–Crippen LogP) is 4.18. The van der Waals surface area contributed by atoms with Crippen LogP contribution >= 0.6 is 23.2 Å². The van der Waals surface area contributed by atoms with E-state index in [-0.39, 0.29) is 12.3 Å². The number of halogens is 2. The number of carbonyl (C=O) groups excluding carboxylic acids is 1. The van der Waals surface area contributed by atoms with E-state index >= 15 is 0 Å². The van der Waals surface area contributed by atoms with E-state index in [4.69, 9.17) is 27.9 Å². The first-order valence-electron chi connectivity index (χ1n) is 5.97. The van der Waals surface area contributed by atoms with Crippen molar-refractivity contribution in [2.24, 2.45) is 0 Å². The van der Waals surface area contributed by atoms with Crippen LogP contribution in [0, 0.1) is 0 Å². The fourth-order valence-electron chi connectivity index (χ4n) is 1.76. The Morgan fingerprint density at radius 3 is 2.70 bits per heavy atom. The molecule has 0 radical (unpaired) electrons. The Kier molecular flexibility index (Phi) is 4.88. The van der Waals surface area contributed by atoms with E-state index in [2.05, 4.69) is 5.32 Å². The quantitative estimate of drug-likeness (QED) is 0.920. The summed E-state index contributed by atoms with van der Waals surface area (Å²) in [6.45, 7) is 0. The second kappa shape index (κ2) is 6.64. The number of ether oxygens (including phenoxy) is 1. The first kappa shape index (κ1) is 14.7. The smallest absolute Gasteiger partial charge is 0.228 e. The molecular weight excluding hydrogens is 297 g/mol. The van der Waals surface area contributed by atoms with Gasteiger partial charge < -0.3 is 10.1 Å². The summed E-state index contributed by atoms with van der Waals surface area (Å²) < 4.78 is 5.12. The van der Waals surface area contributed by atoms with Crippen molar-refractivity contribution < 1.29 is 9.53 Å². The van der Waals surface area contributed by atoms with E-state index < -0.39 is 0 Å². The average molecular weight is 310 g/mol. The zero-order valence-corrected chi connectivity index (χ0v) is 12.3. The maximum atomic E-state index is 12.0. The zero-order valence-electron chi connectivity index (χ0n) is 10.8. The lowest BCUT2D eigenvalue weighted by Crippen LogP contribution is -2.14. The van der Waals surface area contributed by atoms with Gasteiger partial charge in [0.1, 0.15) is 5.75 Å². The van der Waals surface area contributed by atoms with Crippen molar-refractivity contribution in [2.75, 3.05) is 12.4 Å². The Hall–Kier alpha value is -1.71. The maximum Gasteiger partial charge on any atom is 0.228 e. The molecule has 5 heteroatoms. The van der Waals surface area contributed by atoms with Gasteiger partial charge in [-0.25, -0.2) is 0 Å². The van der Waals surface area contributed by atoms with Crippen LogP contribution in [0.5, 0.6) is 5.75 Å². The molecule has 0 atom stereocenters. The van der Waals surface area contributed by atoms with Gasteiger partial charge in [0, 0.05) is 0 Å². The van der Waals surface area contributed by atoms with Crippen LogP contribution < -0.4 is 10.1 Å². The van der Waals surface area contributed by atoms with E-state index in [1.165, 1.54) is 0 Å². The van der Waals surface area contributed by atoms with Crippen molar-refractivity contribution in [1.29, 1.82) is 0 Å². The zero-order chi connectivity index (χ0) is 14.5. The van der Waals surface area contributed by atoms with Crippen LogP contribution in [0.25, 0.3) is 0 Å². The van der Waals surface area contributed by atoms with Gasteiger partial charge in [0.25, 0.3) is 0 Å². The largest absolute Gasteiger partial charge is 0.497 e. The summed E-state index contributed by atoms with van der Waals surface area (Å²) in [4.78, 5) is 12.0. The molecule has 0 aliphatic heterocycles. The fourth-order valence-corrected chi connectivity index (χ4v) is 2.11. The van der Waals surface area contributed by atoms with E-state index in [1.807, 2.05) is 24.3 Å². The standard InChI is InChI=1S/C15H13Cl2NO2/c1-20-11-5-2-4-10(8-11)9-14(19)18-13-7-3-6-12(16)15(13)17/h2-8H,9H2,1H3,(H,18,19). The highest BCUT2D eigenvalue weighted by Gasteiger charge is 2.09. The summed E-state index contributed by atoms with van der Waals surface area (Å²) >= 11 is 11.9. The van der Waals surface area contributed by atoms with Crippen molar-refractivity contribution in [3.05, 3.63) is 58.1 Å². The highest BCUT2D eigenvalue weighted by molar-refractivity contribution is 6.43. The van der Waals surface area contributed by atoms with Gasteiger partial charge in [0.2, 0.25) is 5.91 Å². The molecule has 0 aliphatic rings. The number of amides is 1. The number of nitrogens with one attached hydrogen (secondary N) is 1. The molecule has 0 unspecified atom stereocenters. The Morgan fingerprint density at radius 1 is 1.20 bits per heavy atom. The average Bonchev–Trinajstić information content (AvgIpc) is 2.44. The van der Waals surface area contributed by atoms with Crippen molar-refractivity contribution in [3.63, 3.8) is 0 Å². The maximum absolute atomic E-state index is 12.0. The topological polar surface area (TPSA) is 38.3 Å². The molecule has 1 amide bonds. The lowest BCUT2D eigenvalue weighted by Gasteiger charge is -2.08. The number of hydrogen-bond donors (Lipinski definition) is 1. The molecule has 20 heavy (non-hydrogen) atoms. The number of benzene rings is 2. The molecule has 0 fully saturated rings. The molecule has 0 bridgehead atoms. The van der Waals surface area contributed by atoms with Crippen molar-refractivity contribution in [3.8, 4) is 5.75 Å². The third-order valence-corrected chi connectivity index (χ3v) is 3.54. The minimum Gasteiger partial charge on any atom is -0.497 e. The van der Waals surface area contributed by atoms with E-state index in [0.29, 0.717) is 15.7 Å². The van der Waals surface area contributed by atoms with E-state index in [9.17, 15) is 4.79 Å². The molecule has 104 valence electrons. The number of carbonyl (C=O) groups is 1. The summed E-state index contributed by atoms with van der Waals surface area (Å²) in [5.41, 5.74) is 1.37. The van der Waals surface area contributed by atoms with E-state index in [1.54, 1.807) is 25.3 Å². The van der Waals surface area contributed by atoms with Gasteiger partial charge in [-0.1, -0.05) is 41.4 Å². The van der Waals surface area contributed by atoms with Crippen molar-refractivity contribution in [2.45, 2.75) is 6.42 Å². The third-order valence-electron chi connectivity index (χ3n) is 2.72. The number of anilines is 1. The second-order valence-corrected chi connectivity index (χ2v) is 4.96. The van der Waals surface area contributed by atoms with Crippen LogP contribution in [0.1, 0.15) is 5.56 Å². The molecular formula is C15H13Cl2NO2. The Labute approximate surface area is 127 Å². The number of rotatable bonds is 4. The molecule has 0 heterocycles. The van der Waals surface area contributed by atoms with Crippen LogP contribution in [0.15, 0.2) is 42.5 Å². The van der Waals surface area contributed by atoms with Crippen LogP contribution in [-0.4, -0.2) is 13.0 Å². The minimum absolute atomic E-state index is 0.164. The van der Waals surface area contributed by atoms with Gasteiger partial charge in [-0.2, -0.15) is 0 Å². The van der Waals surface area contributed by atoms with Crippen molar-refractivity contribution in [1.82, 2.24) is 0 Å². The molecule has 0 aromatic heterocycles. The summed E-state index contributed by atoms with van der Waals surface area (Å²) in [6, 6.07) is 12.5. The van der Waals surface area contributed by atoms with Crippen LogP contribution in [0.4, 0.5) is 5.69 Å². The monoisotopic (exact) mass is 309 g/mol. The normalized spacial score (nSPS) is 10.2. The molecule has 0 aliphatic carbocycles. The lowest BCUT2D eigenvalue weighted by atomic mass is 10.1. The molecule has 2 aromatic rings. The van der Waals surface area contributed by atoms with E-state index in [0.717, 1.165) is 11.3 Å². The third kappa shape index (κ3) is 3.65. The first-order valence-corrected chi connectivity index (χ1v) is 6.72. The predicted molar refractivity (Wildman–Crippen MR) is 81.8 cm³/mol. The van der Waals surface area contributed by atoms with Gasteiger partial charge in [-0.3, -0.25) is 4.79 Å². The molecule has 2 aromatic carbocycles. The Balaban J connectivity index is 2.07. The van der Waals surface area contributed by atoms with Crippen LogP contribution in [0.2, 0.25) is 10.0 Å². The fraction of sp³-hybridized carbons (Fsp3) is 0.133. The van der Waals surface area contributed by atoms with Gasteiger partial charge in [-0.15, -0.1) is 0 Å². The summed E-state index contributed by atoms with van der Waals surface area (Å²) in [7, 11) is 1.59. The van der Waals surface area contributed by atoms with Gasteiger partial charge in [0.15, 0.2) is 0 Å². The Bertz CT molecular complexity index is 629. The highest BCUT2D eigenvalue weighted by atomic mass is 35.5. The van der Waals surface area contributed by atoms with Crippen LogP contribution in [0.3, 0.4) is 0 Å². The molecule has 1 N–H and O–H groups in total. The van der Waals surface area contributed by atoms with Crippen LogP contribution in [-0.2, 0) is 11.2 Å². The van der Waals surface area contributed by atoms with Crippen molar-refractivity contribution >= 4 is 34.8 Å². The second-order valence-electron chi connectivity index (χ2n) is 4.18.